The summed E-state index contributed by atoms with van der Waals surface area (Å²) in [5.41, 5.74) is 7.53. The molecule has 1 heterocycles. The van der Waals surface area contributed by atoms with Crippen molar-refractivity contribution < 1.29 is 4.79 Å². The Labute approximate surface area is 185 Å². The van der Waals surface area contributed by atoms with Crippen LogP contribution in [-0.2, 0) is 11.2 Å². The number of hydrogen-bond donors (Lipinski definition) is 1. The van der Waals surface area contributed by atoms with Crippen molar-refractivity contribution in [1.29, 1.82) is 0 Å². The minimum Gasteiger partial charge on any atom is -0.366 e. The average Bonchev–Trinajstić information content (AvgIpc) is 2.74. The third-order valence-electron chi connectivity index (χ3n) is 6.36. The van der Waals surface area contributed by atoms with E-state index in [0.29, 0.717) is 12.3 Å². The van der Waals surface area contributed by atoms with Crippen LogP contribution < -0.4 is 10.3 Å². The highest BCUT2D eigenvalue weighted by Gasteiger charge is 2.35. The molecule has 31 heavy (non-hydrogen) atoms. The Bertz CT molecular complexity index is 1130. The summed E-state index contributed by atoms with van der Waals surface area (Å²) in [6.07, 6.45) is 3.17. The number of nitrogens with one attached hydrogen (secondary N) is 1. The lowest BCUT2D eigenvalue weighted by molar-refractivity contribution is -0.120. The second kappa shape index (κ2) is 8.54. The van der Waals surface area contributed by atoms with Gasteiger partial charge in [-0.3, -0.25) is 4.79 Å². The van der Waals surface area contributed by atoms with Crippen LogP contribution in [-0.4, -0.2) is 24.2 Å². The maximum atomic E-state index is 12.5. The Kier molecular flexibility index (Phi) is 5.81. The van der Waals surface area contributed by atoms with E-state index in [4.69, 9.17) is 0 Å². The lowest BCUT2D eigenvalue weighted by Gasteiger charge is -2.47. The van der Waals surface area contributed by atoms with Crippen LogP contribution in [0.5, 0.6) is 0 Å². The fourth-order valence-corrected chi connectivity index (χ4v) is 5.03. The smallest absolute Gasteiger partial charge is 0.244 e. The quantitative estimate of drug-likeness (QED) is 0.434. The molecular weight excluding hydrogens is 382 g/mol. The van der Waals surface area contributed by atoms with Gasteiger partial charge in [0.1, 0.15) is 0 Å². The van der Waals surface area contributed by atoms with E-state index in [1.54, 1.807) is 6.21 Å². The third-order valence-corrected chi connectivity index (χ3v) is 6.36. The molecule has 0 saturated heterocycles. The number of anilines is 1. The highest BCUT2D eigenvalue weighted by Crippen LogP contribution is 2.43. The Balaban J connectivity index is 1.46. The standard InChI is InChI=1S/C27H31N3O/c1-5-30-25-14-13-20(15-24(25)19(2)17-27(30,3)4)18-28-29-26(31)16-22-11-8-10-21-9-6-7-12-23(21)22/h6-15,18-19H,5,16-17H2,1-4H3,(H,29,31)/b28-18-. The van der Waals surface area contributed by atoms with Crippen LogP contribution in [0.2, 0.25) is 0 Å². The largest absolute Gasteiger partial charge is 0.366 e. The van der Waals surface area contributed by atoms with Crippen molar-refractivity contribution in [2.45, 2.75) is 52.0 Å². The van der Waals surface area contributed by atoms with E-state index in [2.05, 4.69) is 79.5 Å². The molecule has 1 atom stereocenters. The highest BCUT2D eigenvalue weighted by molar-refractivity contribution is 5.90. The van der Waals surface area contributed by atoms with E-state index >= 15 is 0 Å². The van der Waals surface area contributed by atoms with Crippen molar-refractivity contribution in [3.63, 3.8) is 0 Å². The fraction of sp³-hybridized carbons (Fsp3) is 0.333. The molecule has 0 radical (unpaired) electrons. The molecule has 1 aliphatic heterocycles. The van der Waals surface area contributed by atoms with Crippen molar-refractivity contribution in [3.05, 3.63) is 77.4 Å². The zero-order valence-electron chi connectivity index (χ0n) is 18.9. The molecule has 4 heteroatoms. The highest BCUT2D eigenvalue weighted by atomic mass is 16.2. The number of fused-ring (bicyclic) bond motifs is 2. The van der Waals surface area contributed by atoms with E-state index in [-0.39, 0.29) is 11.4 Å². The molecule has 0 fully saturated rings. The van der Waals surface area contributed by atoms with Crippen LogP contribution in [0.1, 0.15) is 56.7 Å². The second-order valence-corrected chi connectivity index (χ2v) is 9.09. The van der Waals surface area contributed by atoms with Crippen molar-refractivity contribution >= 4 is 28.6 Å². The van der Waals surface area contributed by atoms with Gasteiger partial charge in [0.15, 0.2) is 0 Å². The van der Waals surface area contributed by atoms with Crippen LogP contribution in [0, 0.1) is 0 Å². The Hall–Kier alpha value is -3.14. The van der Waals surface area contributed by atoms with Crippen LogP contribution in [0.15, 0.2) is 65.8 Å². The van der Waals surface area contributed by atoms with Crippen molar-refractivity contribution in [1.82, 2.24) is 5.43 Å². The minimum atomic E-state index is -0.113. The predicted molar refractivity (Wildman–Crippen MR) is 130 cm³/mol. The molecule has 3 aromatic rings. The van der Waals surface area contributed by atoms with Gasteiger partial charge in [-0.2, -0.15) is 5.10 Å². The van der Waals surface area contributed by atoms with E-state index in [1.165, 1.54) is 11.3 Å². The molecule has 0 aliphatic carbocycles. The van der Waals surface area contributed by atoms with Gasteiger partial charge in [0, 0.05) is 17.8 Å². The van der Waals surface area contributed by atoms with Crippen LogP contribution in [0.3, 0.4) is 0 Å². The van der Waals surface area contributed by atoms with Gasteiger partial charge in [-0.05, 0) is 72.7 Å². The number of carbonyl (C=O) groups is 1. The molecule has 1 unspecified atom stereocenters. The van der Waals surface area contributed by atoms with Gasteiger partial charge in [0.25, 0.3) is 0 Å². The molecule has 1 N–H and O–H groups in total. The third kappa shape index (κ3) is 4.34. The summed E-state index contributed by atoms with van der Waals surface area (Å²) in [6.45, 7) is 10.1. The first-order chi connectivity index (χ1) is 14.9. The Morgan fingerprint density at radius 2 is 1.94 bits per heavy atom. The van der Waals surface area contributed by atoms with Crippen LogP contribution >= 0.6 is 0 Å². The maximum Gasteiger partial charge on any atom is 0.244 e. The van der Waals surface area contributed by atoms with Crippen LogP contribution in [0.4, 0.5) is 5.69 Å². The van der Waals surface area contributed by atoms with E-state index in [9.17, 15) is 4.79 Å². The number of nitrogens with zero attached hydrogens (tertiary/aromatic N) is 2. The molecule has 0 saturated carbocycles. The van der Waals surface area contributed by atoms with Gasteiger partial charge >= 0.3 is 0 Å². The van der Waals surface area contributed by atoms with Gasteiger partial charge in [-0.25, -0.2) is 5.43 Å². The second-order valence-electron chi connectivity index (χ2n) is 9.09. The Morgan fingerprint density at radius 3 is 2.74 bits per heavy atom. The van der Waals surface area contributed by atoms with Gasteiger partial charge in [0.05, 0.1) is 12.6 Å². The van der Waals surface area contributed by atoms with Crippen molar-refractivity contribution in [3.8, 4) is 0 Å². The summed E-state index contributed by atoms with van der Waals surface area (Å²) in [7, 11) is 0. The zero-order valence-corrected chi connectivity index (χ0v) is 18.9. The predicted octanol–water partition coefficient (Wildman–Crippen LogP) is 5.64. The first kappa shape index (κ1) is 21.1. The van der Waals surface area contributed by atoms with E-state index in [0.717, 1.165) is 34.9 Å². The average molecular weight is 414 g/mol. The lowest BCUT2D eigenvalue weighted by Crippen LogP contribution is -2.48. The summed E-state index contributed by atoms with van der Waals surface area (Å²) in [4.78, 5) is 14.9. The SMILES string of the molecule is CCN1c2ccc(/C=N\NC(=O)Cc3cccc4ccccc34)cc2C(C)CC1(C)C. The summed E-state index contributed by atoms with van der Waals surface area (Å²) < 4.78 is 0. The molecule has 0 spiro atoms. The number of hydrogen-bond acceptors (Lipinski definition) is 3. The number of amides is 1. The van der Waals surface area contributed by atoms with Crippen molar-refractivity contribution in [2.24, 2.45) is 5.10 Å². The van der Waals surface area contributed by atoms with E-state index < -0.39 is 0 Å². The normalized spacial score (nSPS) is 17.7. The zero-order chi connectivity index (χ0) is 22.0. The Morgan fingerprint density at radius 1 is 1.16 bits per heavy atom. The summed E-state index contributed by atoms with van der Waals surface area (Å²) in [5, 5.41) is 6.47. The molecule has 0 bridgehead atoms. The summed E-state index contributed by atoms with van der Waals surface area (Å²) in [6, 6.07) is 20.6. The fourth-order valence-electron chi connectivity index (χ4n) is 5.03. The first-order valence-corrected chi connectivity index (χ1v) is 11.1. The molecule has 1 aliphatic rings. The molecule has 160 valence electrons. The maximum absolute atomic E-state index is 12.5. The molecule has 4 rings (SSSR count). The van der Waals surface area contributed by atoms with Gasteiger partial charge < -0.3 is 4.90 Å². The molecule has 3 aromatic carbocycles. The lowest BCUT2D eigenvalue weighted by atomic mass is 9.79. The monoisotopic (exact) mass is 413 g/mol. The molecule has 0 aromatic heterocycles. The molecular formula is C27H31N3O. The molecule has 4 nitrogen and oxygen atoms in total. The van der Waals surface area contributed by atoms with Gasteiger partial charge in [0.2, 0.25) is 5.91 Å². The van der Waals surface area contributed by atoms with E-state index in [1.807, 2.05) is 24.3 Å². The summed E-state index contributed by atoms with van der Waals surface area (Å²) in [5.74, 6) is 0.375. The van der Waals surface area contributed by atoms with Crippen LogP contribution in [0.25, 0.3) is 10.8 Å². The number of hydrazone groups is 1. The van der Waals surface area contributed by atoms with Crippen molar-refractivity contribution in [2.75, 3.05) is 11.4 Å². The van der Waals surface area contributed by atoms with Gasteiger partial charge in [-0.1, -0.05) is 55.5 Å². The minimum absolute atomic E-state index is 0.113. The number of carbonyl (C=O) groups excluding carboxylic acids is 1. The number of benzene rings is 3. The van der Waals surface area contributed by atoms with Gasteiger partial charge in [-0.15, -0.1) is 0 Å². The first-order valence-electron chi connectivity index (χ1n) is 11.1. The molecule has 1 amide bonds. The topological polar surface area (TPSA) is 44.7 Å². The summed E-state index contributed by atoms with van der Waals surface area (Å²) >= 11 is 0. The number of rotatable bonds is 5.